The Hall–Kier alpha value is -0.830. The summed E-state index contributed by atoms with van der Waals surface area (Å²) < 4.78 is 2.20. The maximum absolute atomic E-state index is 4.58. The quantitative estimate of drug-likeness (QED) is 0.498. The monoisotopic (exact) mass is 415 g/mol. The van der Waals surface area contributed by atoms with Crippen LogP contribution >= 0.6 is 0 Å². The fourth-order valence-corrected chi connectivity index (χ4v) is 5.95. The highest BCUT2D eigenvalue weighted by atomic mass is 15.3. The van der Waals surface area contributed by atoms with E-state index < -0.39 is 0 Å². The van der Waals surface area contributed by atoms with Gasteiger partial charge >= 0.3 is 0 Å². The van der Waals surface area contributed by atoms with Gasteiger partial charge in [0.05, 0.1) is 5.69 Å². The first-order valence-electron chi connectivity index (χ1n) is 12.5. The molecule has 0 unspecified atom stereocenters. The lowest BCUT2D eigenvalue weighted by molar-refractivity contribution is 0.200. The minimum atomic E-state index is 0.437. The van der Waals surface area contributed by atoms with Gasteiger partial charge in [0, 0.05) is 18.8 Å². The van der Waals surface area contributed by atoms with Crippen molar-refractivity contribution in [3.05, 3.63) is 17.5 Å². The van der Waals surface area contributed by atoms with Crippen LogP contribution in [0, 0.1) is 35.5 Å². The standard InChI is InChI=1S/C14H24N2.C13H25N/c1-11-8-12(2)16(15-11)10-14(6-7-14)9-13(3,4)5;1-12(2,3)10-13(6-7-13)11-14-8-4-5-9-14/h8H,6-7,9-10H2,1-5H3;4-11H2,1-3H3. The maximum Gasteiger partial charge on any atom is 0.0596 e. The Kier molecular flexibility index (Phi) is 6.83. The molecule has 3 fully saturated rings. The second-order valence-corrected chi connectivity index (χ2v) is 13.5. The first-order valence-corrected chi connectivity index (χ1v) is 12.5. The van der Waals surface area contributed by atoms with Crippen LogP contribution in [0.5, 0.6) is 0 Å². The Labute approximate surface area is 187 Å². The topological polar surface area (TPSA) is 21.1 Å². The van der Waals surface area contributed by atoms with Crippen molar-refractivity contribution in [3.63, 3.8) is 0 Å². The summed E-state index contributed by atoms with van der Waals surface area (Å²) in [6.07, 6.45) is 11.3. The van der Waals surface area contributed by atoms with Crippen LogP contribution in [-0.4, -0.2) is 34.3 Å². The molecule has 0 bridgehead atoms. The Bertz CT molecular complexity index is 687. The average Bonchev–Trinajstić information content (AvgIpc) is 3.38. The van der Waals surface area contributed by atoms with Crippen LogP contribution in [0.3, 0.4) is 0 Å². The van der Waals surface area contributed by atoms with Gasteiger partial charge in [-0.1, -0.05) is 41.5 Å². The third kappa shape index (κ3) is 7.39. The summed E-state index contributed by atoms with van der Waals surface area (Å²) in [5.41, 5.74) is 4.68. The van der Waals surface area contributed by atoms with Crippen LogP contribution in [0.1, 0.15) is 104 Å². The molecule has 2 saturated carbocycles. The number of hydrogen-bond acceptors (Lipinski definition) is 2. The summed E-state index contributed by atoms with van der Waals surface area (Å²) in [5.74, 6) is 0. The lowest BCUT2D eigenvalue weighted by atomic mass is 9.82. The van der Waals surface area contributed by atoms with Gasteiger partial charge in [-0.15, -0.1) is 0 Å². The smallest absolute Gasteiger partial charge is 0.0596 e. The normalized spacial score (nSPS) is 22.5. The molecule has 1 aromatic rings. The molecule has 30 heavy (non-hydrogen) atoms. The third-order valence-corrected chi connectivity index (χ3v) is 7.07. The number of hydrogen-bond donors (Lipinski definition) is 0. The molecule has 4 rings (SSSR count). The summed E-state index contributed by atoms with van der Waals surface area (Å²) in [5, 5.41) is 4.58. The van der Waals surface area contributed by atoms with E-state index in [0.29, 0.717) is 16.2 Å². The van der Waals surface area contributed by atoms with Crippen molar-refractivity contribution in [1.82, 2.24) is 14.7 Å². The Morgan fingerprint density at radius 3 is 1.63 bits per heavy atom. The van der Waals surface area contributed by atoms with E-state index in [1.807, 2.05) is 0 Å². The lowest BCUT2D eigenvalue weighted by Crippen LogP contribution is -2.30. The molecule has 1 aromatic heterocycles. The number of nitrogens with zero attached hydrogens (tertiary/aromatic N) is 3. The summed E-state index contributed by atoms with van der Waals surface area (Å²) in [4.78, 5) is 2.69. The summed E-state index contributed by atoms with van der Waals surface area (Å²) in [6.45, 7) is 23.7. The SMILES string of the molecule is CC(C)(C)CC1(CN2CCCC2)CC1.Cc1cc(C)n(CC2(CC(C)(C)C)CC2)n1. The van der Waals surface area contributed by atoms with Gasteiger partial charge in [0.2, 0.25) is 0 Å². The fourth-order valence-electron chi connectivity index (χ4n) is 5.95. The molecular formula is C27H49N3. The van der Waals surface area contributed by atoms with E-state index in [-0.39, 0.29) is 0 Å². The van der Waals surface area contributed by atoms with Crippen LogP contribution in [0.25, 0.3) is 0 Å². The maximum atomic E-state index is 4.58. The van der Waals surface area contributed by atoms with E-state index in [0.717, 1.165) is 17.7 Å². The predicted molar refractivity (Wildman–Crippen MR) is 129 cm³/mol. The van der Waals surface area contributed by atoms with Crippen LogP contribution in [0.2, 0.25) is 0 Å². The van der Waals surface area contributed by atoms with Crippen LogP contribution in [0.4, 0.5) is 0 Å². The molecular weight excluding hydrogens is 366 g/mol. The number of rotatable bonds is 6. The fraction of sp³-hybridized carbons (Fsp3) is 0.889. The zero-order valence-electron chi connectivity index (χ0n) is 21.4. The summed E-state index contributed by atoms with van der Waals surface area (Å²) in [6, 6.07) is 2.17. The lowest BCUT2D eigenvalue weighted by Gasteiger charge is -2.29. The van der Waals surface area contributed by atoms with Gasteiger partial charge in [-0.2, -0.15) is 5.10 Å². The van der Waals surface area contributed by atoms with Crippen LogP contribution in [0.15, 0.2) is 6.07 Å². The van der Waals surface area contributed by atoms with Crippen molar-refractivity contribution >= 4 is 0 Å². The van der Waals surface area contributed by atoms with Crippen molar-refractivity contribution < 1.29 is 0 Å². The summed E-state index contributed by atoms with van der Waals surface area (Å²) in [7, 11) is 0. The third-order valence-electron chi connectivity index (χ3n) is 7.07. The molecule has 1 saturated heterocycles. The second kappa shape index (κ2) is 8.60. The minimum absolute atomic E-state index is 0.437. The Morgan fingerprint density at radius 2 is 1.27 bits per heavy atom. The Balaban J connectivity index is 0.000000172. The zero-order chi connectivity index (χ0) is 22.2. The molecule has 0 aromatic carbocycles. The van der Waals surface area contributed by atoms with E-state index in [4.69, 9.17) is 0 Å². The first kappa shape index (κ1) is 23.8. The second-order valence-electron chi connectivity index (χ2n) is 13.5. The molecule has 0 amide bonds. The predicted octanol–water partition coefficient (Wildman–Crippen LogP) is 7.01. The van der Waals surface area contributed by atoms with Gasteiger partial charge in [-0.3, -0.25) is 4.68 Å². The molecule has 1 aliphatic heterocycles. The molecule has 0 atom stereocenters. The number of aromatic nitrogens is 2. The van der Waals surface area contributed by atoms with Crippen molar-refractivity contribution in [1.29, 1.82) is 0 Å². The van der Waals surface area contributed by atoms with Gasteiger partial charge in [-0.05, 0) is 106 Å². The van der Waals surface area contributed by atoms with Crippen molar-refractivity contribution in [3.8, 4) is 0 Å². The minimum Gasteiger partial charge on any atom is -0.303 e. The number of aryl methyl sites for hydroxylation is 2. The van der Waals surface area contributed by atoms with Crippen molar-refractivity contribution in [2.75, 3.05) is 19.6 Å². The van der Waals surface area contributed by atoms with Gasteiger partial charge < -0.3 is 4.90 Å². The molecule has 2 aliphatic carbocycles. The molecule has 3 nitrogen and oxygen atoms in total. The molecule has 3 aliphatic rings. The largest absolute Gasteiger partial charge is 0.303 e. The highest BCUT2D eigenvalue weighted by Crippen LogP contribution is 2.55. The molecule has 0 N–H and O–H groups in total. The van der Waals surface area contributed by atoms with Gasteiger partial charge in [-0.25, -0.2) is 0 Å². The molecule has 3 heteroatoms. The van der Waals surface area contributed by atoms with Gasteiger partial charge in [0.15, 0.2) is 0 Å². The van der Waals surface area contributed by atoms with Crippen molar-refractivity contribution in [2.45, 2.75) is 113 Å². The highest BCUT2D eigenvalue weighted by Gasteiger charge is 2.46. The van der Waals surface area contributed by atoms with Crippen molar-refractivity contribution in [2.24, 2.45) is 21.7 Å². The van der Waals surface area contributed by atoms with Gasteiger partial charge in [0.1, 0.15) is 0 Å². The molecule has 2 heterocycles. The van der Waals surface area contributed by atoms with E-state index >= 15 is 0 Å². The average molecular weight is 416 g/mol. The first-order chi connectivity index (χ1) is 13.8. The zero-order valence-corrected chi connectivity index (χ0v) is 21.4. The highest BCUT2D eigenvalue weighted by molar-refractivity contribution is 5.08. The van der Waals surface area contributed by atoms with E-state index in [1.165, 1.54) is 76.7 Å². The van der Waals surface area contributed by atoms with E-state index in [9.17, 15) is 0 Å². The van der Waals surface area contributed by atoms with Gasteiger partial charge in [0.25, 0.3) is 0 Å². The van der Waals surface area contributed by atoms with Crippen LogP contribution in [-0.2, 0) is 6.54 Å². The van der Waals surface area contributed by atoms with Crippen LogP contribution < -0.4 is 0 Å². The molecule has 0 radical (unpaired) electrons. The summed E-state index contributed by atoms with van der Waals surface area (Å²) >= 11 is 0. The number of likely N-dealkylation sites (tertiary alicyclic amines) is 1. The Morgan fingerprint density at radius 1 is 0.800 bits per heavy atom. The molecule has 172 valence electrons. The van der Waals surface area contributed by atoms with E-state index in [1.54, 1.807) is 0 Å². The molecule has 0 spiro atoms. The van der Waals surface area contributed by atoms with E-state index in [2.05, 4.69) is 76.1 Å².